The molecule has 1 unspecified atom stereocenters. The van der Waals surface area contributed by atoms with Gasteiger partial charge in [0.05, 0.1) is 24.1 Å². The minimum absolute atomic E-state index is 0.0233. The first-order valence-corrected chi connectivity index (χ1v) is 10.9. The zero-order valence-electron chi connectivity index (χ0n) is 18.0. The predicted octanol–water partition coefficient (Wildman–Crippen LogP) is 3.13. The molecule has 31 heavy (non-hydrogen) atoms. The molecule has 160 valence electrons. The van der Waals surface area contributed by atoms with E-state index < -0.39 is 0 Å². The number of nitrogens with zero attached hydrogens (tertiary/aromatic N) is 4. The van der Waals surface area contributed by atoms with Crippen LogP contribution >= 0.6 is 0 Å². The van der Waals surface area contributed by atoms with E-state index in [4.69, 9.17) is 5.26 Å². The number of carbonyl (C=O) groups is 2. The van der Waals surface area contributed by atoms with Gasteiger partial charge in [0.1, 0.15) is 0 Å². The second-order valence-electron chi connectivity index (χ2n) is 8.26. The third-order valence-corrected chi connectivity index (χ3v) is 6.39. The van der Waals surface area contributed by atoms with Crippen molar-refractivity contribution in [1.82, 2.24) is 9.80 Å². The lowest BCUT2D eigenvalue weighted by Gasteiger charge is -2.37. The van der Waals surface area contributed by atoms with Crippen LogP contribution in [0.3, 0.4) is 0 Å². The first-order chi connectivity index (χ1) is 15.1. The number of anilines is 1. The molecule has 2 heterocycles. The van der Waals surface area contributed by atoms with Crippen molar-refractivity contribution < 1.29 is 9.59 Å². The molecule has 0 radical (unpaired) electrons. The molecule has 2 aromatic rings. The summed E-state index contributed by atoms with van der Waals surface area (Å²) in [5.41, 5.74) is 4.07. The first kappa shape index (κ1) is 20.9. The summed E-state index contributed by atoms with van der Waals surface area (Å²) < 4.78 is 0. The van der Waals surface area contributed by atoms with Gasteiger partial charge in [-0.3, -0.25) is 9.59 Å². The average molecular weight is 417 g/mol. The van der Waals surface area contributed by atoms with E-state index in [1.165, 1.54) is 5.56 Å². The number of nitriles is 1. The van der Waals surface area contributed by atoms with Crippen LogP contribution in [0.2, 0.25) is 0 Å². The highest BCUT2D eigenvalue weighted by molar-refractivity contribution is 5.80. The Labute approximate surface area is 183 Å². The molecule has 0 saturated carbocycles. The molecule has 2 aliphatic heterocycles. The van der Waals surface area contributed by atoms with E-state index in [-0.39, 0.29) is 17.9 Å². The largest absolute Gasteiger partial charge is 0.370 e. The zero-order valence-corrected chi connectivity index (χ0v) is 18.0. The van der Waals surface area contributed by atoms with Crippen LogP contribution in [0.5, 0.6) is 0 Å². The van der Waals surface area contributed by atoms with E-state index in [0.717, 1.165) is 43.7 Å². The molecule has 0 N–H and O–H groups in total. The van der Waals surface area contributed by atoms with Gasteiger partial charge in [0.25, 0.3) is 0 Å². The normalized spacial score (nSPS) is 18.7. The van der Waals surface area contributed by atoms with Gasteiger partial charge < -0.3 is 14.7 Å². The van der Waals surface area contributed by atoms with Crippen LogP contribution in [0.15, 0.2) is 48.5 Å². The molecule has 2 aliphatic rings. The van der Waals surface area contributed by atoms with Gasteiger partial charge in [0.2, 0.25) is 11.8 Å². The SMILES string of the molecule is CC(=O)N1CCc2ccccc2C1CC(=O)N1CCCN(c2ccc(C#N)cc2)CC1. The van der Waals surface area contributed by atoms with Crippen molar-refractivity contribution in [3.8, 4) is 6.07 Å². The summed E-state index contributed by atoms with van der Waals surface area (Å²) in [7, 11) is 0. The van der Waals surface area contributed by atoms with Crippen molar-refractivity contribution in [2.45, 2.75) is 32.2 Å². The second-order valence-corrected chi connectivity index (χ2v) is 8.26. The summed E-state index contributed by atoms with van der Waals surface area (Å²) in [6, 6.07) is 17.7. The number of fused-ring (bicyclic) bond motifs is 1. The van der Waals surface area contributed by atoms with Gasteiger partial charge in [0, 0.05) is 45.3 Å². The molecule has 1 saturated heterocycles. The molecule has 2 amide bonds. The van der Waals surface area contributed by atoms with Crippen molar-refractivity contribution >= 4 is 17.5 Å². The maximum absolute atomic E-state index is 13.3. The summed E-state index contributed by atoms with van der Waals surface area (Å²) in [6.45, 7) is 5.27. The third kappa shape index (κ3) is 4.56. The van der Waals surface area contributed by atoms with E-state index in [0.29, 0.717) is 25.1 Å². The van der Waals surface area contributed by atoms with Gasteiger partial charge in [0.15, 0.2) is 0 Å². The number of carbonyl (C=O) groups excluding carboxylic acids is 2. The van der Waals surface area contributed by atoms with Gasteiger partial charge in [-0.15, -0.1) is 0 Å². The van der Waals surface area contributed by atoms with E-state index >= 15 is 0 Å². The van der Waals surface area contributed by atoms with E-state index in [1.54, 1.807) is 6.92 Å². The zero-order chi connectivity index (χ0) is 21.8. The Morgan fingerprint density at radius 1 is 1.00 bits per heavy atom. The number of benzene rings is 2. The van der Waals surface area contributed by atoms with Crippen LogP contribution in [0, 0.1) is 11.3 Å². The molecule has 4 rings (SSSR count). The Morgan fingerprint density at radius 2 is 1.77 bits per heavy atom. The molecule has 2 aromatic carbocycles. The Hall–Kier alpha value is -3.33. The Bertz CT molecular complexity index is 995. The standard InChI is InChI=1S/C25H28N4O2/c1-19(30)29-14-11-21-5-2-3-6-23(21)24(29)17-25(31)28-13-4-12-27(15-16-28)22-9-7-20(18-26)8-10-22/h2-3,5-10,24H,4,11-17H2,1H3. The topological polar surface area (TPSA) is 67.7 Å². The smallest absolute Gasteiger partial charge is 0.225 e. The quantitative estimate of drug-likeness (QED) is 0.771. The minimum Gasteiger partial charge on any atom is -0.370 e. The summed E-state index contributed by atoms with van der Waals surface area (Å²) in [5.74, 6) is 0.129. The number of hydrogen-bond acceptors (Lipinski definition) is 4. The maximum atomic E-state index is 13.3. The molecule has 0 aromatic heterocycles. The predicted molar refractivity (Wildman–Crippen MR) is 119 cm³/mol. The molecule has 0 bridgehead atoms. The third-order valence-electron chi connectivity index (χ3n) is 6.39. The Morgan fingerprint density at radius 3 is 2.52 bits per heavy atom. The highest BCUT2D eigenvalue weighted by atomic mass is 16.2. The van der Waals surface area contributed by atoms with Crippen molar-refractivity contribution in [2.24, 2.45) is 0 Å². The van der Waals surface area contributed by atoms with Crippen LogP contribution in [-0.4, -0.2) is 54.3 Å². The summed E-state index contributed by atoms with van der Waals surface area (Å²) >= 11 is 0. The van der Waals surface area contributed by atoms with Gasteiger partial charge >= 0.3 is 0 Å². The van der Waals surface area contributed by atoms with Crippen LogP contribution in [-0.2, 0) is 16.0 Å². The summed E-state index contributed by atoms with van der Waals surface area (Å²) in [5, 5.41) is 9.00. The Balaban J connectivity index is 1.44. The number of rotatable bonds is 3. The lowest BCUT2D eigenvalue weighted by atomic mass is 9.90. The van der Waals surface area contributed by atoms with E-state index in [2.05, 4.69) is 23.1 Å². The van der Waals surface area contributed by atoms with Crippen molar-refractivity contribution in [3.63, 3.8) is 0 Å². The highest BCUT2D eigenvalue weighted by Gasteiger charge is 2.32. The van der Waals surface area contributed by atoms with Crippen molar-refractivity contribution in [2.75, 3.05) is 37.6 Å². The minimum atomic E-state index is -0.187. The summed E-state index contributed by atoms with van der Waals surface area (Å²) in [4.78, 5) is 31.6. The van der Waals surface area contributed by atoms with Gasteiger partial charge in [-0.2, -0.15) is 5.26 Å². The summed E-state index contributed by atoms with van der Waals surface area (Å²) in [6.07, 6.45) is 2.06. The fraction of sp³-hybridized carbons (Fsp3) is 0.400. The van der Waals surface area contributed by atoms with Crippen LogP contribution < -0.4 is 4.90 Å². The molecule has 1 atom stereocenters. The number of amides is 2. The first-order valence-electron chi connectivity index (χ1n) is 10.9. The highest BCUT2D eigenvalue weighted by Crippen LogP contribution is 2.33. The second kappa shape index (κ2) is 9.22. The van der Waals surface area contributed by atoms with Crippen LogP contribution in [0.25, 0.3) is 0 Å². The molecular formula is C25H28N4O2. The lowest BCUT2D eigenvalue weighted by Crippen LogP contribution is -2.42. The molecule has 0 spiro atoms. The van der Waals surface area contributed by atoms with Crippen molar-refractivity contribution in [1.29, 1.82) is 5.26 Å². The Kier molecular flexibility index (Phi) is 6.22. The molecule has 1 fully saturated rings. The molecule has 6 heteroatoms. The molecule has 6 nitrogen and oxygen atoms in total. The lowest BCUT2D eigenvalue weighted by molar-refractivity contribution is -0.136. The van der Waals surface area contributed by atoms with Gasteiger partial charge in [-0.25, -0.2) is 0 Å². The fourth-order valence-corrected chi connectivity index (χ4v) is 4.71. The average Bonchev–Trinajstić information content (AvgIpc) is 3.05. The molecular weight excluding hydrogens is 388 g/mol. The maximum Gasteiger partial charge on any atom is 0.225 e. The molecule has 0 aliphatic carbocycles. The monoisotopic (exact) mass is 416 g/mol. The van der Waals surface area contributed by atoms with Gasteiger partial charge in [-0.1, -0.05) is 24.3 Å². The van der Waals surface area contributed by atoms with Crippen LogP contribution in [0.4, 0.5) is 5.69 Å². The fourth-order valence-electron chi connectivity index (χ4n) is 4.71. The number of hydrogen-bond donors (Lipinski definition) is 0. The van der Waals surface area contributed by atoms with Crippen molar-refractivity contribution in [3.05, 3.63) is 65.2 Å². The van der Waals surface area contributed by atoms with E-state index in [1.807, 2.05) is 46.2 Å². The van der Waals surface area contributed by atoms with E-state index in [9.17, 15) is 9.59 Å². The van der Waals surface area contributed by atoms with Crippen LogP contribution in [0.1, 0.15) is 42.5 Å². The van der Waals surface area contributed by atoms with Gasteiger partial charge in [-0.05, 0) is 48.2 Å².